The molecule has 0 radical (unpaired) electrons. The maximum absolute atomic E-state index is 12.2. The van der Waals surface area contributed by atoms with Crippen LogP contribution in [0.5, 0.6) is 0 Å². The summed E-state index contributed by atoms with van der Waals surface area (Å²) >= 11 is 0. The number of hydrogen-bond acceptors (Lipinski definition) is 8. The van der Waals surface area contributed by atoms with Crippen LogP contribution in [0.25, 0.3) is 22.5 Å². The highest BCUT2D eigenvalue weighted by Gasteiger charge is 2.25. The summed E-state index contributed by atoms with van der Waals surface area (Å²) in [6.07, 6.45) is -0.0723. The Labute approximate surface area is 158 Å². The second kappa shape index (κ2) is 6.72. The largest absolute Gasteiger partial charge is 0.469 e. The molecule has 0 atom stereocenters. The number of fused-ring (bicyclic) bond motifs is 3. The van der Waals surface area contributed by atoms with Crippen molar-refractivity contribution in [2.24, 2.45) is 0 Å². The number of rotatable bonds is 4. The predicted molar refractivity (Wildman–Crippen MR) is 97.2 cm³/mol. The van der Waals surface area contributed by atoms with Crippen LogP contribution in [-0.2, 0) is 20.7 Å². The number of esters is 2. The van der Waals surface area contributed by atoms with E-state index >= 15 is 0 Å². The average molecular weight is 380 g/mol. The van der Waals surface area contributed by atoms with E-state index in [1.165, 1.54) is 18.7 Å². The monoisotopic (exact) mass is 380 g/mol. The van der Waals surface area contributed by atoms with Crippen LogP contribution in [0.2, 0.25) is 0 Å². The standard InChI is InChI=1S/C18H16N6O4/c1-10-14(18(26)28-3)16-20-19-15-12(9-13(25)27-2)22-23(17(15)24(16)21-10)11-7-5-4-6-8-11/h4-8H,9H2,1-3H3. The maximum Gasteiger partial charge on any atom is 0.343 e. The molecule has 28 heavy (non-hydrogen) atoms. The van der Waals surface area contributed by atoms with Gasteiger partial charge in [-0.2, -0.15) is 14.7 Å². The third-order valence-electron chi connectivity index (χ3n) is 4.32. The maximum atomic E-state index is 12.2. The minimum atomic E-state index is -0.554. The first-order valence-corrected chi connectivity index (χ1v) is 8.39. The molecule has 142 valence electrons. The molecule has 0 bridgehead atoms. The van der Waals surface area contributed by atoms with Gasteiger partial charge in [-0.25, -0.2) is 9.48 Å². The summed E-state index contributed by atoms with van der Waals surface area (Å²) in [4.78, 5) is 24.0. The van der Waals surface area contributed by atoms with E-state index in [0.29, 0.717) is 22.6 Å². The van der Waals surface area contributed by atoms with E-state index in [9.17, 15) is 9.59 Å². The summed E-state index contributed by atoms with van der Waals surface area (Å²) in [5.74, 6) is -1.00. The van der Waals surface area contributed by atoms with E-state index in [0.717, 1.165) is 5.69 Å². The third-order valence-corrected chi connectivity index (χ3v) is 4.32. The van der Waals surface area contributed by atoms with E-state index in [1.54, 1.807) is 11.6 Å². The summed E-state index contributed by atoms with van der Waals surface area (Å²) in [6, 6.07) is 9.33. The van der Waals surface area contributed by atoms with Crippen molar-refractivity contribution in [2.75, 3.05) is 14.2 Å². The van der Waals surface area contributed by atoms with E-state index in [4.69, 9.17) is 9.47 Å². The molecule has 10 nitrogen and oxygen atoms in total. The van der Waals surface area contributed by atoms with Crippen LogP contribution >= 0.6 is 0 Å². The zero-order valence-electron chi connectivity index (χ0n) is 15.4. The summed E-state index contributed by atoms with van der Waals surface area (Å²) in [7, 11) is 2.60. The molecule has 10 heteroatoms. The molecule has 0 fully saturated rings. The van der Waals surface area contributed by atoms with Crippen LogP contribution in [0.4, 0.5) is 0 Å². The molecule has 3 heterocycles. The molecule has 0 aliphatic rings. The van der Waals surface area contributed by atoms with Gasteiger partial charge >= 0.3 is 11.9 Å². The molecule has 4 aromatic rings. The molecule has 0 N–H and O–H groups in total. The number of methoxy groups -OCH3 is 2. The van der Waals surface area contributed by atoms with Crippen molar-refractivity contribution in [2.45, 2.75) is 13.3 Å². The zero-order chi connectivity index (χ0) is 19.8. The third kappa shape index (κ3) is 2.66. The highest BCUT2D eigenvalue weighted by Crippen LogP contribution is 2.24. The summed E-state index contributed by atoms with van der Waals surface area (Å²) in [5.41, 5.74) is 2.93. The quantitative estimate of drug-likeness (QED) is 0.487. The van der Waals surface area contributed by atoms with Gasteiger partial charge in [0, 0.05) is 0 Å². The van der Waals surface area contributed by atoms with E-state index in [1.807, 2.05) is 30.3 Å². The van der Waals surface area contributed by atoms with E-state index < -0.39 is 11.9 Å². The Kier molecular flexibility index (Phi) is 4.22. The smallest absolute Gasteiger partial charge is 0.343 e. The molecule has 1 aromatic carbocycles. The lowest BCUT2D eigenvalue weighted by Gasteiger charge is -2.03. The molecule has 3 aromatic heterocycles. The lowest BCUT2D eigenvalue weighted by atomic mass is 10.2. The van der Waals surface area contributed by atoms with Gasteiger partial charge in [0.05, 0.1) is 32.0 Å². The molecule has 0 saturated heterocycles. The molecule has 0 aliphatic heterocycles. The molecule has 0 spiro atoms. The van der Waals surface area contributed by atoms with Gasteiger partial charge in [0.15, 0.2) is 16.8 Å². The van der Waals surface area contributed by atoms with Crippen molar-refractivity contribution in [1.29, 1.82) is 0 Å². The zero-order valence-corrected chi connectivity index (χ0v) is 15.4. The van der Waals surface area contributed by atoms with Crippen LogP contribution in [-0.4, -0.2) is 55.8 Å². The van der Waals surface area contributed by atoms with Crippen molar-refractivity contribution in [3.05, 3.63) is 47.3 Å². The average Bonchev–Trinajstić information content (AvgIpc) is 3.25. The van der Waals surface area contributed by atoms with Gasteiger partial charge < -0.3 is 9.47 Å². The second-order valence-corrected chi connectivity index (χ2v) is 6.01. The first-order chi connectivity index (χ1) is 13.5. The Bertz CT molecular complexity index is 1210. The molecule has 4 rings (SSSR count). The molecular formula is C18H16N6O4. The lowest BCUT2D eigenvalue weighted by molar-refractivity contribution is -0.139. The highest BCUT2D eigenvalue weighted by atomic mass is 16.5. The van der Waals surface area contributed by atoms with Crippen LogP contribution in [0.15, 0.2) is 30.3 Å². The normalized spacial score (nSPS) is 11.1. The summed E-state index contributed by atoms with van der Waals surface area (Å²) in [6.45, 7) is 1.69. The molecular weight excluding hydrogens is 364 g/mol. The van der Waals surface area contributed by atoms with Crippen LogP contribution in [0, 0.1) is 6.92 Å². The predicted octanol–water partition coefficient (Wildman–Crippen LogP) is 1.27. The van der Waals surface area contributed by atoms with Gasteiger partial charge in [0.1, 0.15) is 11.3 Å². The van der Waals surface area contributed by atoms with Gasteiger partial charge in [-0.15, -0.1) is 10.2 Å². The lowest BCUT2D eigenvalue weighted by Crippen LogP contribution is -2.06. The first kappa shape index (κ1) is 17.6. The topological polar surface area (TPSA) is 114 Å². The van der Waals surface area contributed by atoms with Crippen LogP contribution < -0.4 is 0 Å². The SMILES string of the molecule is COC(=O)Cc1nn(-c2ccccc2)c2c1nnc1c(C(=O)OC)c(C)nn12. The fourth-order valence-electron chi connectivity index (χ4n) is 3.01. The highest BCUT2D eigenvalue weighted by molar-refractivity contribution is 5.98. The Morgan fingerprint density at radius 3 is 2.46 bits per heavy atom. The fourth-order valence-corrected chi connectivity index (χ4v) is 3.01. The molecule has 0 unspecified atom stereocenters. The minimum absolute atomic E-state index is 0.0723. The molecule has 0 aliphatic carbocycles. The van der Waals surface area contributed by atoms with Gasteiger partial charge in [0.2, 0.25) is 0 Å². The van der Waals surface area contributed by atoms with Gasteiger partial charge in [-0.05, 0) is 19.1 Å². The van der Waals surface area contributed by atoms with Crippen molar-refractivity contribution in [3.63, 3.8) is 0 Å². The Morgan fingerprint density at radius 1 is 1.04 bits per heavy atom. The fraction of sp³-hybridized carbons (Fsp3) is 0.222. The Morgan fingerprint density at radius 2 is 1.79 bits per heavy atom. The number of para-hydroxylation sites is 1. The summed E-state index contributed by atoms with van der Waals surface area (Å²) < 4.78 is 12.7. The molecule has 0 saturated carbocycles. The molecule has 0 amide bonds. The summed E-state index contributed by atoms with van der Waals surface area (Å²) in [5, 5.41) is 17.4. The van der Waals surface area contributed by atoms with Crippen molar-refractivity contribution < 1.29 is 19.1 Å². The van der Waals surface area contributed by atoms with Gasteiger partial charge in [-0.1, -0.05) is 18.2 Å². The number of aromatic nitrogens is 6. The Balaban J connectivity index is 2.07. The number of carbonyl (C=O) groups is 2. The number of aryl methyl sites for hydroxylation is 1. The van der Waals surface area contributed by atoms with Crippen molar-refractivity contribution >= 4 is 28.7 Å². The van der Waals surface area contributed by atoms with E-state index in [-0.39, 0.29) is 17.6 Å². The second-order valence-electron chi connectivity index (χ2n) is 6.01. The number of benzene rings is 1. The first-order valence-electron chi connectivity index (χ1n) is 8.39. The van der Waals surface area contributed by atoms with Gasteiger partial charge in [-0.3, -0.25) is 4.79 Å². The minimum Gasteiger partial charge on any atom is -0.469 e. The number of hydrogen-bond donors (Lipinski definition) is 0. The Hall–Kier alpha value is -3.82. The number of carbonyl (C=O) groups excluding carboxylic acids is 2. The van der Waals surface area contributed by atoms with Crippen LogP contribution in [0.3, 0.4) is 0 Å². The number of ether oxygens (including phenoxy) is 2. The van der Waals surface area contributed by atoms with Gasteiger partial charge in [0.25, 0.3) is 0 Å². The van der Waals surface area contributed by atoms with Crippen LogP contribution in [0.1, 0.15) is 21.7 Å². The van der Waals surface area contributed by atoms with Crippen molar-refractivity contribution in [1.82, 2.24) is 29.6 Å². The number of nitrogens with zero attached hydrogens (tertiary/aromatic N) is 6. The van der Waals surface area contributed by atoms with E-state index in [2.05, 4.69) is 20.4 Å². The van der Waals surface area contributed by atoms with Crippen molar-refractivity contribution in [3.8, 4) is 5.69 Å².